The van der Waals surface area contributed by atoms with E-state index in [2.05, 4.69) is 0 Å². The molecule has 0 saturated heterocycles. The van der Waals surface area contributed by atoms with Crippen molar-refractivity contribution in [2.45, 2.75) is 19.6 Å². The summed E-state index contributed by atoms with van der Waals surface area (Å²) in [7, 11) is 0. The van der Waals surface area contributed by atoms with Gasteiger partial charge < -0.3 is 9.67 Å². The van der Waals surface area contributed by atoms with Crippen LogP contribution in [0.15, 0.2) is 29.1 Å². The van der Waals surface area contributed by atoms with Gasteiger partial charge in [0.25, 0.3) is 0 Å². The molecule has 7 heteroatoms. The number of hydrogen-bond acceptors (Lipinski definition) is 2. The molecule has 0 bridgehead atoms. The van der Waals surface area contributed by atoms with Crippen LogP contribution in [0, 0.1) is 6.92 Å². The molecule has 0 saturated carbocycles. The Hall–Kier alpha value is -2.31. The Morgan fingerprint density at radius 2 is 1.90 bits per heavy atom. The summed E-state index contributed by atoms with van der Waals surface area (Å²) in [5.41, 5.74) is -1.55. The van der Waals surface area contributed by atoms with E-state index in [9.17, 15) is 22.8 Å². The van der Waals surface area contributed by atoms with E-state index in [1.165, 1.54) is 31.2 Å². The summed E-state index contributed by atoms with van der Waals surface area (Å²) in [6, 6.07) is 5.65. The Morgan fingerprint density at radius 3 is 2.45 bits per heavy atom. The Morgan fingerprint density at radius 1 is 1.30 bits per heavy atom. The molecule has 1 heterocycles. The Kier molecular flexibility index (Phi) is 3.29. The molecular weight excluding hydrogens is 275 g/mol. The number of nitrogens with zero attached hydrogens (tertiary/aromatic N) is 1. The standard InChI is InChI=1S/C13H10F3NO3/c1-7-10(12(19)20)11(18)8-4-2-3-5-9(8)17(7)6-13(14,15)16/h2-5H,6H2,1H3,(H,19,20). The predicted octanol–water partition coefficient (Wildman–Crippen LogP) is 2.57. The van der Waals surface area contributed by atoms with Crippen molar-refractivity contribution in [3.63, 3.8) is 0 Å². The van der Waals surface area contributed by atoms with Crippen molar-refractivity contribution in [1.29, 1.82) is 0 Å². The molecule has 4 nitrogen and oxygen atoms in total. The first-order valence-electron chi connectivity index (χ1n) is 5.64. The van der Waals surface area contributed by atoms with Crippen LogP contribution in [0.4, 0.5) is 13.2 Å². The van der Waals surface area contributed by atoms with Gasteiger partial charge in [-0.25, -0.2) is 4.79 Å². The van der Waals surface area contributed by atoms with E-state index in [0.29, 0.717) is 0 Å². The van der Waals surface area contributed by atoms with Crippen molar-refractivity contribution in [3.8, 4) is 0 Å². The number of halogens is 3. The zero-order valence-electron chi connectivity index (χ0n) is 10.4. The molecule has 0 aliphatic heterocycles. The lowest BCUT2D eigenvalue weighted by Gasteiger charge is -2.18. The van der Waals surface area contributed by atoms with Crippen molar-refractivity contribution >= 4 is 16.9 Å². The fraction of sp³-hybridized carbons (Fsp3) is 0.231. The van der Waals surface area contributed by atoms with Crippen molar-refractivity contribution in [3.05, 3.63) is 45.7 Å². The van der Waals surface area contributed by atoms with E-state index < -0.39 is 29.7 Å². The van der Waals surface area contributed by atoms with Crippen LogP contribution in [0.1, 0.15) is 16.1 Å². The predicted molar refractivity (Wildman–Crippen MR) is 66.0 cm³/mol. The van der Waals surface area contributed by atoms with Crippen LogP contribution in [0.25, 0.3) is 10.9 Å². The van der Waals surface area contributed by atoms with Gasteiger partial charge in [-0.05, 0) is 19.1 Å². The zero-order chi connectivity index (χ0) is 15.1. The lowest BCUT2D eigenvalue weighted by atomic mass is 10.1. The number of hydrogen-bond donors (Lipinski definition) is 1. The van der Waals surface area contributed by atoms with Gasteiger partial charge in [0.05, 0.1) is 5.52 Å². The molecule has 0 fully saturated rings. The second kappa shape index (κ2) is 4.66. The molecule has 0 radical (unpaired) electrons. The lowest BCUT2D eigenvalue weighted by Crippen LogP contribution is -2.27. The molecule has 1 N–H and O–H groups in total. The SMILES string of the molecule is Cc1c(C(=O)O)c(=O)c2ccccc2n1CC(F)(F)F. The summed E-state index contributed by atoms with van der Waals surface area (Å²) in [5, 5.41) is 8.99. The monoisotopic (exact) mass is 285 g/mol. The minimum Gasteiger partial charge on any atom is -0.477 e. The number of rotatable bonds is 2. The van der Waals surface area contributed by atoms with Gasteiger partial charge in [-0.3, -0.25) is 4.79 Å². The second-order valence-electron chi connectivity index (χ2n) is 4.31. The quantitative estimate of drug-likeness (QED) is 0.922. The maximum absolute atomic E-state index is 12.6. The molecule has 1 aromatic heterocycles. The first-order chi connectivity index (χ1) is 9.22. The number of aromatic carboxylic acids is 1. The maximum Gasteiger partial charge on any atom is 0.406 e. The minimum absolute atomic E-state index is 0.0419. The van der Waals surface area contributed by atoms with E-state index in [4.69, 9.17) is 5.11 Å². The molecule has 0 unspecified atom stereocenters. The summed E-state index contributed by atoms with van der Waals surface area (Å²) in [6.07, 6.45) is -4.52. The first kappa shape index (κ1) is 14.1. The first-order valence-corrected chi connectivity index (χ1v) is 5.64. The molecule has 1 aromatic carbocycles. The molecular formula is C13H10F3NO3. The maximum atomic E-state index is 12.6. The summed E-state index contributed by atoms with van der Waals surface area (Å²) >= 11 is 0. The van der Waals surface area contributed by atoms with Crippen molar-refractivity contribution in [2.24, 2.45) is 0 Å². The van der Waals surface area contributed by atoms with Gasteiger partial charge in [0.2, 0.25) is 5.43 Å². The van der Waals surface area contributed by atoms with Crippen LogP contribution in [0.2, 0.25) is 0 Å². The highest BCUT2D eigenvalue weighted by Gasteiger charge is 2.30. The lowest BCUT2D eigenvalue weighted by molar-refractivity contribution is -0.140. The van der Waals surface area contributed by atoms with E-state index in [1.54, 1.807) is 0 Å². The second-order valence-corrected chi connectivity index (χ2v) is 4.31. The number of carbonyl (C=O) groups is 1. The number of fused-ring (bicyclic) bond motifs is 1. The Labute approximate surface area is 111 Å². The van der Waals surface area contributed by atoms with Crippen LogP contribution in [-0.2, 0) is 6.54 Å². The molecule has 20 heavy (non-hydrogen) atoms. The van der Waals surface area contributed by atoms with Gasteiger partial charge in [-0.2, -0.15) is 13.2 Å². The average molecular weight is 285 g/mol. The molecule has 0 amide bonds. The summed E-state index contributed by atoms with van der Waals surface area (Å²) in [5.74, 6) is -1.53. The number of pyridine rings is 1. The third kappa shape index (κ3) is 2.38. The molecule has 0 aliphatic carbocycles. The van der Waals surface area contributed by atoms with Gasteiger partial charge in [0.15, 0.2) is 0 Å². The van der Waals surface area contributed by atoms with Gasteiger partial charge in [0, 0.05) is 11.1 Å². The van der Waals surface area contributed by atoms with Gasteiger partial charge in [-0.15, -0.1) is 0 Å². The van der Waals surface area contributed by atoms with Crippen LogP contribution in [0.3, 0.4) is 0 Å². The highest BCUT2D eigenvalue weighted by atomic mass is 19.4. The smallest absolute Gasteiger partial charge is 0.406 e. The molecule has 0 aliphatic rings. The van der Waals surface area contributed by atoms with Gasteiger partial charge in [0.1, 0.15) is 12.1 Å². The number of alkyl halides is 3. The van der Waals surface area contributed by atoms with Crippen LogP contribution >= 0.6 is 0 Å². The molecule has 2 aromatic rings. The number of benzene rings is 1. The van der Waals surface area contributed by atoms with Crippen molar-refractivity contribution in [1.82, 2.24) is 4.57 Å². The Bertz CT molecular complexity index is 747. The highest BCUT2D eigenvalue weighted by molar-refractivity contribution is 5.94. The normalized spacial score (nSPS) is 11.8. The number of para-hydroxylation sites is 1. The van der Waals surface area contributed by atoms with Crippen LogP contribution < -0.4 is 5.43 Å². The molecule has 0 spiro atoms. The highest BCUT2D eigenvalue weighted by Crippen LogP contribution is 2.23. The van der Waals surface area contributed by atoms with Gasteiger partial charge in [-0.1, -0.05) is 12.1 Å². The topological polar surface area (TPSA) is 59.3 Å². The molecule has 2 rings (SSSR count). The Balaban J connectivity index is 2.91. The van der Waals surface area contributed by atoms with Crippen LogP contribution in [0.5, 0.6) is 0 Å². The average Bonchev–Trinajstić information content (AvgIpc) is 2.33. The summed E-state index contributed by atoms with van der Waals surface area (Å²) < 4.78 is 38.7. The number of aromatic nitrogens is 1. The van der Waals surface area contributed by atoms with E-state index >= 15 is 0 Å². The number of carboxylic acid groups (broad SMARTS) is 1. The summed E-state index contributed by atoms with van der Waals surface area (Å²) in [6.45, 7) is -0.150. The van der Waals surface area contributed by atoms with Crippen molar-refractivity contribution < 1.29 is 23.1 Å². The van der Waals surface area contributed by atoms with Gasteiger partial charge >= 0.3 is 12.1 Å². The van der Waals surface area contributed by atoms with Crippen molar-refractivity contribution in [2.75, 3.05) is 0 Å². The van der Waals surface area contributed by atoms with E-state index in [-0.39, 0.29) is 16.6 Å². The fourth-order valence-corrected chi connectivity index (χ4v) is 2.15. The van der Waals surface area contributed by atoms with E-state index in [0.717, 1.165) is 4.57 Å². The molecule has 0 atom stereocenters. The fourth-order valence-electron chi connectivity index (χ4n) is 2.15. The largest absolute Gasteiger partial charge is 0.477 e. The zero-order valence-corrected chi connectivity index (χ0v) is 10.4. The van der Waals surface area contributed by atoms with Crippen LogP contribution in [-0.4, -0.2) is 21.8 Å². The molecule has 106 valence electrons. The third-order valence-electron chi connectivity index (χ3n) is 2.98. The number of carboxylic acids is 1. The van der Waals surface area contributed by atoms with E-state index in [1.807, 2.05) is 0 Å². The third-order valence-corrected chi connectivity index (χ3v) is 2.98. The summed E-state index contributed by atoms with van der Waals surface area (Å²) in [4.78, 5) is 23.1. The minimum atomic E-state index is -4.52.